The number of rotatable bonds is 4. The van der Waals surface area contributed by atoms with Crippen LogP contribution >= 0.6 is 11.6 Å². The fraction of sp³-hybridized carbons (Fsp3) is 0.0714. The molecule has 0 bridgehead atoms. The van der Waals surface area contributed by atoms with Gasteiger partial charge in [-0.15, -0.1) is 0 Å². The molecule has 0 atom stereocenters. The Morgan fingerprint density at radius 2 is 2.04 bits per heavy atom. The number of hydrogen-bond acceptors (Lipinski definition) is 5. The summed E-state index contributed by atoms with van der Waals surface area (Å²) in [5.74, 6) is 0.654. The molecule has 0 spiro atoms. The number of aromatic nitrogens is 4. The van der Waals surface area contributed by atoms with Gasteiger partial charge in [-0.2, -0.15) is 0 Å². The molecule has 0 radical (unpaired) electrons. The average Bonchev–Trinajstić information content (AvgIpc) is 3.04. The van der Waals surface area contributed by atoms with Crippen molar-refractivity contribution >= 4 is 27.4 Å². The molecule has 1 aromatic carbocycles. The van der Waals surface area contributed by atoms with Crippen LogP contribution in [0.3, 0.4) is 0 Å². The summed E-state index contributed by atoms with van der Waals surface area (Å²) in [6.07, 6.45) is 6.13. The van der Waals surface area contributed by atoms with E-state index in [4.69, 9.17) is 11.6 Å². The minimum Gasteiger partial charge on any atom is -0.290 e. The van der Waals surface area contributed by atoms with Gasteiger partial charge in [0.05, 0.1) is 4.90 Å². The number of anilines is 1. The number of sulfonamides is 1. The second-order valence-electron chi connectivity index (χ2n) is 4.75. The summed E-state index contributed by atoms with van der Waals surface area (Å²) in [5, 5.41) is 0.345. The summed E-state index contributed by atoms with van der Waals surface area (Å²) in [4.78, 5) is 12.0. The van der Waals surface area contributed by atoms with Gasteiger partial charge in [0.25, 0.3) is 10.0 Å². The second kappa shape index (κ2) is 5.98. The molecule has 9 heteroatoms. The lowest BCUT2D eigenvalue weighted by Gasteiger charge is -2.10. The zero-order valence-electron chi connectivity index (χ0n) is 12.0. The van der Waals surface area contributed by atoms with E-state index in [1.54, 1.807) is 42.3 Å². The summed E-state index contributed by atoms with van der Waals surface area (Å²) in [5.41, 5.74) is 0.589. The normalized spacial score (nSPS) is 11.4. The summed E-state index contributed by atoms with van der Waals surface area (Å²) in [7, 11) is -3.80. The fourth-order valence-electron chi connectivity index (χ4n) is 1.99. The number of benzene rings is 1. The minimum absolute atomic E-state index is 0.104. The van der Waals surface area contributed by atoms with Crippen LogP contribution in [0.5, 0.6) is 0 Å². The molecule has 3 rings (SSSR count). The van der Waals surface area contributed by atoms with Crippen LogP contribution in [-0.2, 0) is 10.0 Å². The van der Waals surface area contributed by atoms with Crippen LogP contribution in [0.1, 0.15) is 5.56 Å². The number of halogens is 1. The van der Waals surface area contributed by atoms with Crippen molar-refractivity contribution in [2.24, 2.45) is 0 Å². The Morgan fingerprint density at radius 1 is 1.22 bits per heavy atom. The Balaban J connectivity index is 1.95. The van der Waals surface area contributed by atoms with Crippen LogP contribution in [0.2, 0.25) is 5.02 Å². The van der Waals surface area contributed by atoms with Gasteiger partial charge in [0.2, 0.25) is 0 Å². The number of hydrogen-bond donors (Lipinski definition) is 1. The van der Waals surface area contributed by atoms with E-state index in [1.165, 1.54) is 18.5 Å². The SMILES string of the molecule is Cc1ccc(Cl)cc1S(=O)(=O)Nc1cc(-n2ccnc2)ncn1. The molecule has 0 saturated heterocycles. The third-order valence-corrected chi connectivity index (χ3v) is 4.83. The molecule has 1 N–H and O–H groups in total. The van der Waals surface area contributed by atoms with Gasteiger partial charge in [-0.3, -0.25) is 9.29 Å². The maximum atomic E-state index is 12.5. The van der Waals surface area contributed by atoms with Crippen LogP contribution < -0.4 is 4.72 Å². The molecule has 0 aliphatic heterocycles. The van der Waals surface area contributed by atoms with Crippen molar-refractivity contribution < 1.29 is 8.42 Å². The van der Waals surface area contributed by atoms with Crippen molar-refractivity contribution in [1.29, 1.82) is 0 Å². The predicted octanol–water partition coefficient (Wildman–Crippen LogP) is 2.42. The van der Waals surface area contributed by atoms with Gasteiger partial charge in [-0.05, 0) is 24.6 Å². The first kappa shape index (κ1) is 15.4. The third kappa shape index (κ3) is 3.33. The molecule has 0 amide bonds. The van der Waals surface area contributed by atoms with Gasteiger partial charge in [0, 0.05) is 23.5 Å². The maximum absolute atomic E-state index is 12.5. The Kier molecular flexibility index (Phi) is 4.01. The fourth-order valence-corrected chi connectivity index (χ4v) is 3.50. The largest absolute Gasteiger partial charge is 0.290 e. The van der Waals surface area contributed by atoms with Crippen molar-refractivity contribution in [3.05, 3.63) is 59.9 Å². The summed E-state index contributed by atoms with van der Waals surface area (Å²) >= 11 is 5.89. The van der Waals surface area contributed by atoms with E-state index in [0.29, 0.717) is 16.4 Å². The predicted molar refractivity (Wildman–Crippen MR) is 86.2 cm³/mol. The first-order valence-corrected chi connectivity index (χ1v) is 8.41. The van der Waals surface area contributed by atoms with Gasteiger partial charge in [-0.25, -0.2) is 23.4 Å². The molecule has 23 heavy (non-hydrogen) atoms. The zero-order chi connectivity index (χ0) is 16.4. The molecule has 7 nitrogen and oxygen atoms in total. The minimum atomic E-state index is -3.80. The highest BCUT2D eigenvalue weighted by Crippen LogP contribution is 2.22. The lowest BCUT2D eigenvalue weighted by Crippen LogP contribution is -2.15. The molecule has 0 aliphatic carbocycles. The van der Waals surface area contributed by atoms with Gasteiger partial charge in [0.15, 0.2) is 0 Å². The van der Waals surface area contributed by atoms with Gasteiger partial charge >= 0.3 is 0 Å². The molecule has 2 heterocycles. The van der Waals surface area contributed by atoms with Crippen molar-refractivity contribution in [1.82, 2.24) is 19.5 Å². The van der Waals surface area contributed by atoms with Gasteiger partial charge in [-0.1, -0.05) is 17.7 Å². The van der Waals surface area contributed by atoms with Crippen LogP contribution in [0.25, 0.3) is 5.82 Å². The highest BCUT2D eigenvalue weighted by Gasteiger charge is 2.18. The Labute approximate surface area is 138 Å². The lowest BCUT2D eigenvalue weighted by atomic mass is 10.2. The smallest absolute Gasteiger partial charge is 0.263 e. The van der Waals surface area contributed by atoms with E-state index in [1.807, 2.05) is 0 Å². The quantitative estimate of drug-likeness (QED) is 0.781. The molecule has 0 aliphatic rings. The number of nitrogens with zero attached hydrogens (tertiary/aromatic N) is 4. The standard InChI is InChI=1S/C14H12ClN5O2S/c1-10-2-3-11(15)6-12(10)23(21,22)19-13-7-14(18-8-17-13)20-5-4-16-9-20/h2-9H,1H3,(H,17,18,19). The van der Waals surface area contributed by atoms with Crippen molar-refractivity contribution in [3.8, 4) is 5.82 Å². The van der Waals surface area contributed by atoms with Crippen molar-refractivity contribution in [3.63, 3.8) is 0 Å². The molecule has 0 unspecified atom stereocenters. The average molecular weight is 350 g/mol. The Morgan fingerprint density at radius 3 is 2.78 bits per heavy atom. The Bertz CT molecular complexity index is 942. The van der Waals surface area contributed by atoms with Gasteiger partial charge in [0.1, 0.15) is 24.3 Å². The van der Waals surface area contributed by atoms with E-state index in [0.717, 1.165) is 0 Å². The maximum Gasteiger partial charge on any atom is 0.263 e. The van der Waals surface area contributed by atoms with Crippen LogP contribution in [0.4, 0.5) is 5.82 Å². The first-order valence-electron chi connectivity index (χ1n) is 6.55. The van der Waals surface area contributed by atoms with Crippen molar-refractivity contribution in [2.45, 2.75) is 11.8 Å². The van der Waals surface area contributed by atoms with Gasteiger partial charge < -0.3 is 0 Å². The Hall–Kier alpha value is -2.45. The molecular weight excluding hydrogens is 338 g/mol. The molecule has 118 valence electrons. The molecule has 2 aromatic heterocycles. The van der Waals surface area contributed by atoms with Crippen molar-refractivity contribution in [2.75, 3.05) is 4.72 Å². The van der Waals surface area contributed by atoms with E-state index < -0.39 is 10.0 Å². The number of nitrogens with one attached hydrogen (secondary N) is 1. The molecular formula is C14H12ClN5O2S. The highest BCUT2D eigenvalue weighted by molar-refractivity contribution is 7.92. The topological polar surface area (TPSA) is 89.8 Å². The summed E-state index contributed by atoms with van der Waals surface area (Å²) in [6.45, 7) is 1.70. The van der Waals surface area contributed by atoms with E-state index in [2.05, 4.69) is 19.7 Å². The second-order valence-corrected chi connectivity index (χ2v) is 6.83. The first-order chi connectivity index (χ1) is 11.0. The van der Waals surface area contributed by atoms with Crippen LogP contribution in [-0.4, -0.2) is 27.9 Å². The summed E-state index contributed by atoms with van der Waals surface area (Å²) < 4.78 is 29.1. The molecule has 0 fully saturated rings. The van der Waals surface area contributed by atoms with Crippen LogP contribution in [0.15, 0.2) is 54.2 Å². The zero-order valence-corrected chi connectivity index (χ0v) is 13.6. The lowest BCUT2D eigenvalue weighted by molar-refractivity contribution is 0.600. The van der Waals surface area contributed by atoms with E-state index in [-0.39, 0.29) is 10.7 Å². The van der Waals surface area contributed by atoms with E-state index >= 15 is 0 Å². The number of aryl methyl sites for hydroxylation is 1. The van der Waals surface area contributed by atoms with Crippen LogP contribution in [0, 0.1) is 6.92 Å². The number of imidazole rings is 1. The highest BCUT2D eigenvalue weighted by atomic mass is 35.5. The summed E-state index contributed by atoms with van der Waals surface area (Å²) in [6, 6.07) is 6.20. The van der Waals surface area contributed by atoms with E-state index in [9.17, 15) is 8.42 Å². The molecule has 3 aromatic rings. The monoisotopic (exact) mass is 349 g/mol. The third-order valence-electron chi connectivity index (χ3n) is 3.10. The molecule has 0 saturated carbocycles.